The minimum atomic E-state index is 0.420. The monoisotopic (exact) mass is 306 g/mol. The van der Waals surface area contributed by atoms with Crippen molar-refractivity contribution in [3.8, 4) is 0 Å². The fraction of sp³-hybridized carbons (Fsp3) is 0.769. The molecule has 1 heterocycles. The van der Waals surface area contributed by atoms with Crippen molar-refractivity contribution < 1.29 is 0 Å². The Morgan fingerprint density at radius 3 is 2.78 bits per heavy atom. The first-order valence-corrected chi connectivity index (χ1v) is 9.15. The van der Waals surface area contributed by atoms with E-state index in [9.17, 15) is 0 Å². The van der Waals surface area contributed by atoms with Crippen molar-refractivity contribution in [3.05, 3.63) is 16.1 Å². The van der Waals surface area contributed by atoms with Crippen LogP contribution in [0.25, 0.3) is 0 Å². The zero-order valence-electron chi connectivity index (χ0n) is 11.6. The highest BCUT2D eigenvalue weighted by Gasteiger charge is 2.22. The van der Waals surface area contributed by atoms with Crippen LogP contribution < -0.4 is 0 Å². The summed E-state index contributed by atoms with van der Waals surface area (Å²) >= 11 is 9.47. The molecule has 0 radical (unpaired) electrons. The second-order valence-corrected chi connectivity index (χ2v) is 6.67. The molecule has 0 aliphatic rings. The van der Waals surface area contributed by atoms with Crippen LogP contribution in [0.1, 0.15) is 43.4 Å². The van der Waals surface area contributed by atoms with E-state index in [4.69, 9.17) is 11.6 Å². The van der Waals surface area contributed by atoms with Gasteiger partial charge in [0.25, 0.3) is 0 Å². The molecular formula is C13H23ClN2S2. The average molecular weight is 307 g/mol. The van der Waals surface area contributed by atoms with Crippen molar-refractivity contribution in [2.24, 2.45) is 0 Å². The molecule has 1 aromatic heterocycles. The first kappa shape index (κ1) is 16.3. The predicted molar refractivity (Wildman–Crippen MR) is 84.9 cm³/mol. The number of alkyl halides is 1. The van der Waals surface area contributed by atoms with Crippen molar-refractivity contribution >= 4 is 34.7 Å². The minimum Gasteiger partial charge on any atom is -0.294 e. The van der Waals surface area contributed by atoms with Crippen molar-refractivity contribution in [1.82, 2.24) is 9.88 Å². The van der Waals surface area contributed by atoms with E-state index in [2.05, 4.69) is 42.4 Å². The van der Waals surface area contributed by atoms with Gasteiger partial charge in [0.2, 0.25) is 0 Å². The van der Waals surface area contributed by atoms with Gasteiger partial charge in [-0.25, -0.2) is 4.98 Å². The van der Waals surface area contributed by atoms with Gasteiger partial charge in [-0.05, 0) is 38.8 Å². The van der Waals surface area contributed by atoms with Crippen LogP contribution in [0.3, 0.4) is 0 Å². The molecule has 18 heavy (non-hydrogen) atoms. The van der Waals surface area contributed by atoms with Crippen LogP contribution in [0.15, 0.2) is 5.38 Å². The van der Waals surface area contributed by atoms with Crippen molar-refractivity contribution in [2.45, 2.75) is 44.7 Å². The SMILES string of the molecule is CCC(c1nc(CCl)cs1)N(C)C(C)CCSC. The van der Waals surface area contributed by atoms with Crippen LogP contribution in [0.5, 0.6) is 0 Å². The summed E-state index contributed by atoms with van der Waals surface area (Å²) in [5.41, 5.74) is 1.00. The summed E-state index contributed by atoms with van der Waals surface area (Å²) in [5.74, 6) is 1.73. The van der Waals surface area contributed by atoms with Gasteiger partial charge in [0.15, 0.2) is 0 Å². The number of hydrogen-bond acceptors (Lipinski definition) is 4. The van der Waals surface area contributed by atoms with Gasteiger partial charge in [-0.1, -0.05) is 6.92 Å². The maximum Gasteiger partial charge on any atom is 0.110 e. The Morgan fingerprint density at radius 1 is 1.56 bits per heavy atom. The number of aromatic nitrogens is 1. The second-order valence-electron chi connectivity index (χ2n) is 4.53. The van der Waals surface area contributed by atoms with Gasteiger partial charge >= 0.3 is 0 Å². The molecule has 5 heteroatoms. The third-order valence-electron chi connectivity index (χ3n) is 3.30. The van der Waals surface area contributed by atoms with E-state index in [1.54, 1.807) is 11.3 Å². The lowest BCUT2D eigenvalue weighted by atomic mass is 10.1. The molecule has 0 aliphatic heterocycles. The predicted octanol–water partition coefficient (Wildman–Crippen LogP) is 4.41. The van der Waals surface area contributed by atoms with Gasteiger partial charge in [-0.3, -0.25) is 4.90 Å². The number of rotatable bonds is 8. The number of nitrogens with zero attached hydrogens (tertiary/aromatic N) is 2. The molecule has 1 aromatic rings. The molecule has 0 aromatic carbocycles. The quantitative estimate of drug-likeness (QED) is 0.662. The lowest BCUT2D eigenvalue weighted by Crippen LogP contribution is -2.33. The zero-order chi connectivity index (χ0) is 13.5. The van der Waals surface area contributed by atoms with Gasteiger partial charge < -0.3 is 0 Å². The highest BCUT2D eigenvalue weighted by Crippen LogP contribution is 2.28. The molecule has 0 fully saturated rings. The Hall–Kier alpha value is 0.230. The molecular weight excluding hydrogens is 284 g/mol. The van der Waals surface area contributed by atoms with E-state index in [0.717, 1.165) is 12.1 Å². The summed E-state index contributed by atoms with van der Waals surface area (Å²) in [5, 5.41) is 3.28. The molecule has 0 N–H and O–H groups in total. The minimum absolute atomic E-state index is 0.420. The molecule has 0 saturated carbocycles. The highest BCUT2D eigenvalue weighted by molar-refractivity contribution is 7.98. The standard InChI is InChI=1S/C13H23ClN2S2/c1-5-12(13-15-11(8-14)9-18-13)16(3)10(2)6-7-17-4/h9-10,12H,5-8H2,1-4H3. The van der Waals surface area contributed by atoms with Gasteiger partial charge in [0.05, 0.1) is 17.6 Å². The van der Waals surface area contributed by atoms with E-state index in [-0.39, 0.29) is 0 Å². The Labute approximate surface area is 124 Å². The van der Waals surface area contributed by atoms with Crippen LogP contribution in [-0.4, -0.2) is 35.0 Å². The zero-order valence-corrected chi connectivity index (χ0v) is 14.0. The summed E-state index contributed by atoms with van der Waals surface area (Å²) in [6.07, 6.45) is 4.48. The third kappa shape index (κ3) is 4.41. The van der Waals surface area contributed by atoms with Crippen molar-refractivity contribution in [2.75, 3.05) is 19.1 Å². The summed E-state index contributed by atoms with van der Waals surface area (Å²) < 4.78 is 0. The summed E-state index contributed by atoms with van der Waals surface area (Å²) in [7, 11) is 2.21. The van der Waals surface area contributed by atoms with Crippen LogP contribution in [-0.2, 0) is 5.88 Å². The first-order chi connectivity index (χ1) is 8.63. The molecule has 2 unspecified atom stereocenters. The molecule has 2 nitrogen and oxygen atoms in total. The van der Waals surface area contributed by atoms with Gasteiger partial charge in [-0.15, -0.1) is 22.9 Å². The maximum absolute atomic E-state index is 5.83. The van der Waals surface area contributed by atoms with Crippen LogP contribution >= 0.6 is 34.7 Å². The van der Waals surface area contributed by atoms with Crippen LogP contribution in [0, 0.1) is 0 Å². The van der Waals surface area contributed by atoms with E-state index in [1.807, 2.05) is 11.8 Å². The van der Waals surface area contributed by atoms with E-state index in [1.165, 1.54) is 17.2 Å². The fourth-order valence-corrected chi connectivity index (χ4v) is 3.83. The average Bonchev–Trinajstić information content (AvgIpc) is 2.85. The molecule has 0 aliphatic carbocycles. The smallest absolute Gasteiger partial charge is 0.110 e. The van der Waals surface area contributed by atoms with E-state index < -0.39 is 0 Å². The Balaban J connectivity index is 2.69. The molecule has 0 saturated heterocycles. The lowest BCUT2D eigenvalue weighted by Gasteiger charge is -2.31. The van der Waals surface area contributed by atoms with Gasteiger partial charge in [0.1, 0.15) is 5.01 Å². The summed E-state index contributed by atoms with van der Waals surface area (Å²) in [6.45, 7) is 4.53. The topological polar surface area (TPSA) is 16.1 Å². The summed E-state index contributed by atoms with van der Waals surface area (Å²) in [6, 6.07) is 1.01. The normalized spacial score (nSPS) is 15.0. The number of thiazole rings is 1. The second kappa shape index (κ2) is 8.41. The third-order valence-corrected chi connectivity index (χ3v) is 5.22. The van der Waals surface area contributed by atoms with Crippen LogP contribution in [0.4, 0.5) is 0 Å². The van der Waals surface area contributed by atoms with Crippen LogP contribution in [0.2, 0.25) is 0 Å². The van der Waals surface area contributed by atoms with Gasteiger partial charge in [-0.2, -0.15) is 11.8 Å². The molecule has 1 rings (SSSR count). The van der Waals surface area contributed by atoms with E-state index >= 15 is 0 Å². The molecule has 0 bridgehead atoms. The first-order valence-electron chi connectivity index (χ1n) is 6.35. The largest absolute Gasteiger partial charge is 0.294 e. The molecule has 104 valence electrons. The Morgan fingerprint density at radius 2 is 2.28 bits per heavy atom. The van der Waals surface area contributed by atoms with Crippen molar-refractivity contribution in [1.29, 1.82) is 0 Å². The molecule has 2 atom stereocenters. The lowest BCUT2D eigenvalue weighted by molar-refractivity contribution is 0.176. The highest BCUT2D eigenvalue weighted by atomic mass is 35.5. The number of hydrogen-bond donors (Lipinski definition) is 0. The summed E-state index contributed by atoms with van der Waals surface area (Å²) in [4.78, 5) is 7.07. The van der Waals surface area contributed by atoms with E-state index in [0.29, 0.717) is 18.0 Å². The maximum atomic E-state index is 5.83. The number of halogens is 1. The Bertz CT molecular complexity index is 343. The number of thioether (sulfide) groups is 1. The van der Waals surface area contributed by atoms with Gasteiger partial charge in [0, 0.05) is 11.4 Å². The molecule has 0 amide bonds. The Kier molecular flexibility index (Phi) is 7.61. The van der Waals surface area contributed by atoms with Crippen molar-refractivity contribution in [3.63, 3.8) is 0 Å². The molecule has 0 spiro atoms. The fourth-order valence-electron chi connectivity index (χ4n) is 1.97.